The molecule has 3 rings (SSSR count). The van der Waals surface area contributed by atoms with Gasteiger partial charge in [-0.2, -0.15) is 0 Å². The number of carbonyl (C=O) groups is 2. The predicted molar refractivity (Wildman–Crippen MR) is 92.9 cm³/mol. The number of H-pyrrole nitrogens is 1. The molecule has 7 heteroatoms. The summed E-state index contributed by atoms with van der Waals surface area (Å²) in [5, 5.41) is 5.36. The molecular formula is C18H15N3O4. The number of amides is 2. The van der Waals surface area contributed by atoms with Gasteiger partial charge in [0.1, 0.15) is 11.5 Å². The van der Waals surface area contributed by atoms with E-state index in [0.29, 0.717) is 17.1 Å². The fourth-order valence-corrected chi connectivity index (χ4v) is 2.16. The lowest BCUT2D eigenvalue weighted by atomic mass is 10.2. The lowest BCUT2D eigenvalue weighted by Gasteiger charge is -2.07. The molecule has 3 N–H and O–H groups in total. The van der Waals surface area contributed by atoms with Crippen molar-refractivity contribution in [1.29, 1.82) is 0 Å². The van der Waals surface area contributed by atoms with Crippen molar-refractivity contribution in [2.75, 3.05) is 10.6 Å². The fourth-order valence-electron chi connectivity index (χ4n) is 2.16. The number of hydrogen-bond donors (Lipinski definition) is 3. The number of rotatable bonds is 4. The lowest BCUT2D eigenvalue weighted by molar-refractivity contribution is 0.0993. The van der Waals surface area contributed by atoms with Crippen LogP contribution in [-0.2, 0) is 0 Å². The Hall–Kier alpha value is -3.61. The van der Waals surface area contributed by atoms with E-state index in [0.717, 1.165) is 0 Å². The average molecular weight is 337 g/mol. The molecule has 3 aromatic rings. The predicted octanol–water partition coefficient (Wildman–Crippen LogP) is 2.78. The molecule has 0 fully saturated rings. The standard InChI is InChI=1S/C18H15N3O4/c1-11-5-10-15(25-11)18(24)20-13-8-6-12(7-9-13)19-17(23)14-3-2-4-16(22)21-14/h2-10H,1H3,(H,19,23)(H,20,24)(H,21,22). The van der Waals surface area contributed by atoms with Gasteiger partial charge in [0.25, 0.3) is 11.8 Å². The van der Waals surface area contributed by atoms with E-state index < -0.39 is 5.91 Å². The van der Waals surface area contributed by atoms with Gasteiger partial charge in [-0.25, -0.2) is 0 Å². The van der Waals surface area contributed by atoms with Crippen molar-refractivity contribution in [1.82, 2.24) is 4.98 Å². The second-order valence-electron chi connectivity index (χ2n) is 5.32. The highest BCUT2D eigenvalue weighted by molar-refractivity contribution is 6.04. The van der Waals surface area contributed by atoms with Crippen LogP contribution in [-0.4, -0.2) is 16.8 Å². The fraction of sp³-hybridized carbons (Fsp3) is 0.0556. The first-order valence-electron chi connectivity index (χ1n) is 7.50. The number of carbonyl (C=O) groups excluding carboxylic acids is 2. The number of aryl methyl sites for hydroxylation is 1. The molecular weight excluding hydrogens is 322 g/mol. The summed E-state index contributed by atoms with van der Waals surface area (Å²) in [6.07, 6.45) is 0. The van der Waals surface area contributed by atoms with Crippen molar-refractivity contribution >= 4 is 23.2 Å². The van der Waals surface area contributed by atoms with Crippen molar-refractivity contribution in [3.05, 3.63) is 82.2 Å². The van der Waals surface area contributed by atoms with Gasteiger partial charge < -0.3 is 20.0 Å². The van der Waals surface area contributed by atoms with Crippen LogP contribution in [0.5, 0.6) is 0 Å². The van der Waals surface area contributed by atoms with Crippen LogP contribution < -0.4 is 16.2 Å². The third-order valence-electron chi connectivity index (χ3n) is 3.38. The van der Waals surface area contributed by atoms with E-state index in [2.05, 4.69) is 15.6 Å². The van der Waals surface area contributed by atoms with Crippen molar-refractivity contribution in [2.45, 2.75) is 6.92 Å². The maximum atomic E-state index is 12.1. The second kappa shape index (κ2) is 6.88. The van der Waals surface area contributed by atoms with Crippen molar-refractivity contribution in [3.8, 4) is 0 Å². The van der Waals surface area contributed by atoms with Crippen LogP contribution in [0, 0.1) is 6.92 Å². The number of benzene rings is 1. The SMILES string of the molecule is Cc1ccc(C(=O)Nc2ccc(NC(=O)c3cccc(=O)[nH]3)cc2)o1. The summed E-state index contributed by atoms with van der Waals surface area (Å²) in [5.74, 6) is 0.0948. The lowest BCUT2D eigenvalue weighted by Crippen LogP contribution is -2.17. The van der Waals surface area contributed by atoms with Gasteiger partial charge in [-0.3, -0.25) is 14.4 Å². The number of furan rings is 1. The minimum Gasteiger partial charge on any atom is -0.456 e. The largest absolute Gasteiger partial charge is 0.456 e. The van der Waals surface area contributed by atoms with Crippen LogP contribution in [0.4, 0.5) is 11.4 Å². The first-order chi connectivity index (χ1) is 12.0. The van der Waals surface area contributed by atoms with Crippen LogP contribution in [0.25, 0.3) is 0 Å². The van der Waals surface area contributed by atoms with Gasteiger partial charge in [-0.1, -0.05) is 6.07 Å². The van der Waals surface area contributed by atoms with E-state index >= 15 is 0 Å². The van der Waals surface area contributed by atoms with Gasteiger partial charge in [0.15, 0.2) is 5.76 Å². The van der Waals surface area contributed by atoms with E-state index in [-0.39, 0.29) is 22.9 Å². The quantitative estimate of drug-likeness (QED) is 0.681. The molecule has 2 amide bonds. The molecule has 2 aromatic heterocycles. The molecule has 0 aliphatic carbocycles. The molecule has 0 radical (unpaired) electrons. The molecule has 2 heterocycles. The zero-order chi connectivity index (χ0) is 17.8. The highest BCUT2D eigenvalue weighted by Gasteiger charge is 2.11. The summed E-state index contributed by atoms with van der Waals surface area (Å²) in [7, 11) is 0. The molecule has 7 nitrogen and oxygen atoms in total. The van der Waals surface area contributed by atoms with Gasteiger partial charge in [0.2, 0.25) is 5.56 Å². The molecule has 0 bridgehead atoms. The minimum absolute atomic E-state index is 0.165. The zero-order valence-corrected chi connectivity index (χ0v) is 13.3. The first kappa shape index (κ1) is 16.3. The normalized spacial score (nSPS) is 10.3. The maximum absolute atomic E-state index is 12.1. The molecule has 0 aliphatic rings. The smallest absolute Gasteiger partial charge is 0.291 e. The summed E-state index contributed by atoms with van der Waals surface area (Å²) in [5.41, 5.74) is 0.906. The van der Waals surface area contributed by atoms with Crippen molar-refractivity contribution < 1.29 is 14.0 Å². The van der Waals surface area contributed by atoms with Gasteiger partial charge >= 0.3 is 0 Å². The van der Waals surface area contributed by atoms with E-state index in [4.69, 9.17) is 4.42 Å². The summed E-state index contributed by atoms with van der Waals surface area (Å²) in [4.78, 5) is 37.7. The second-order valence-corrected chi connectivity index (χ2v) is 5.32. The molecule has 0 aliphatic heterocycles. The van der Waals surface area contributed by atoms with E-state index in [1.54, 1.807) is 43.3 Å². The topological polar surface area (TPSA) is 104 Å². The Bertz CT molecular complexity index is 970. The zero-order valence-electron chi connectivity index (χ0n) is 13.3. The molecule has 126 valence electrons. The Kier molecular flexibility index (Phi) is 4.47. The molecule has 25 heavy (non-hydrogen) atoms. The Balaban J connectivity index is 1.65. The number of pyridine rings is 1. The Morgan fingerprint density at radius 1 is 0.880 bits per heavy atom. The van der Waals surface area contributed by atoms with Crippen LogP contribution in [0.15, 0.2) is 63.8 Å². The molecule has 0 atom stereocenters. The maximum Gasteiger partial charge on any atom is 0.291 e. The summed E-state index contributed by atoms with van der Waals surface area (Å²) in [6, 6.07) is 14.2. The van der Waals surface area contributed by atoms with E-state index in [1.165, 1.54) is 18.2 Å². The highest BCUT2D eigenvalue weighted by Crippen LogP contribution is 2.16. The average Bonchev–Trinajstić information content (AvgIpc) is 3.03. The molecule has 0 saturated heterocycles. The van der Waals surface area contributed by atoms with Crippen LogP contribution >= 0.6 is 0 Å². The van der Waals surface area contributed by atoms with Crippen molar-refractivity contribution in [3.63, 3.8) is 0 Å². The third kappa shape index (κ3) is 4.03. The van der Waals surface area contributed by atoms with Gasteiger partial charge in [0.05, 0.1) is 0 Å². The monoisotopic (exact) mass is 337 g/mol. The third-order valence-corrected chi connectivity index (χ3v) is 3.38. The molecule has 0 unspecified atom stereocenters. The number of aromatic nitrogens is 1. The van der Waals surface area contributed by atoms with Gasteiger partial charge in [0, 0.05) is 17.4 Å². The number of aromatic amines is 1. The van der Waals surface area contributed by atoms with Crippen LogP contribution in [0.2, 0.25) is 0 Å². The van der Waals surface area contributed by atoms with Crippen molar-refractivity contribution in [2.24, 2.45) is 0 Å². The molecule has 1 aromatic carbocycles. The van der Waals surface area contributed by atoms with Crippen LogP contribution in [0.3, 0.4) is 0 Å². The van der Waals surface area contributed by atoms with Gasteiger partial charge in [-0.05, 0) is 49.4 Å². The first-order valence-corrected chi connectivity index (χ1v) is 7.50. The number of nitrogens with one attached hydrogen (secondary N) is 3. The number of hydrogen-bond acceptors (Lipinski definition) is 4. The molecule has 0 saturated carbocycles. The summed E-state index contributed by atoms with van der Waals surface area (Å²) >= 11 is 0. The Labute approximate surface area is 142 Å². The molecule has 0 spiro atoms. The minimum atomic E-state index is -0.430. The van der Waals surface area contributed by atoms with E-state index in [9.17, 15) is 14.4 Å². The van der Waals surface area contributed by atoms with E-state index in [1.807, 2.05) is 0 Å². The summed E-state index contributed by atoms with van der Waals surface area (Å²) in [6.45, 7) is 1.76. The van der Waals surface area contributed by atoms with Gasteiger partial charge in [-0.15, -0.1) is 0 Å². The number of anilines is 2. The summed E-state index contributed by atoms with van der Waals surface area (Å²) < 4.78 is 5.25. The Morgan fingerprint density at radius 3 is 2.08 bits per heavy atom. The van der Waals surface area contributed by atoms with Crippen LogP contribution in [0.1, 0.15) is 26.8 Å². The Morgan fingerprint density at radius 2 is 1.52 bits per heavy atom. The highest BCUT2D eigenvalue weighted by atomic mass is 16.3.